The number of fused-ring (bicyclic) bond motifs is 18. The van der Waals surface area contributed by atoms with Crippen LogP contribution < -0.4 is 9.80 Å². The van der Waals surface area contributed by atoms with E-state index in [0.717, 1.165) is 190 Å². The number of aromatic nitrogens is 4. The van der Waals surface area contributed by atoms with Gasteiger partial charge in [-0.05, 0) is 322 Å². The Labute approximate surface area is 816 Å². The molecule has 0 N–H and O–H groups in total. The highest BCUT2D eigenvalue weighted by atomic mass is 19.1. The van der Waals surface area contributed by atoms with Gasteiger partial charge in [0.15, 0.2) is 0 Å². The van der Waals surface area contributed by atoms with E-state index >= 15 is 0 Å². The summed E-state index contributed by atoms with van der Waals surface area (Å²) in [6.45, 7) is 0. The zero-order valence-corrected chi connectivity index (χ0v) is 76.8. The molecule has 10 heteroatoms. The van der Waals surface area contributed by atoms with Crippen LogP contribution in [0.15, 0.2) is 518 Å². The Morgan fingerprint density at radius 3 is 0.641 bits per heavy atom. The van der Waals surface area contributed by atoms with Gasteiger partial charge in [0, 0.05) is 122 Å². The van der Waals surface area contributed by atoms with Crippen molar-refractivity contribution in [3.63, 3.8) is 0 Å². The van der Waals surface area contributed by atoms with Crippen molar-refractivity contribution >= 4 is 165 Å². The van der Waals surface area contributed by atoms with E-state index in [4.69, 9.17) is 8.83 Å². The number of furan rings is 2. The molecule has 0 radical (unpaired) electrons. The van der Waals surface area contributed by atoms with Gasteiger partial charge < -0.3 is 36.9 Å². The summed E-state index contributed by atoms with van der Waals surface area (Å²) in [5.74, 6) is -0.639. The van der Waals surface area contributed by atoms with E-state index in [1.807, 2.05) is 29.2 Å². The van der Waals surface area contributed by atoms with Crippen molar-refractivity contribution in [1.82, 2.24) is 18.3 Å². The van der Waals surface area contributed by atoms with Crippen LogP contribution in [0.2, 0.25) is 0 Å². The molecule has 28 aromatic rings. The number of rotatable bonds is 16. The minimum Gasteiger partial charge on any atom is -0.456 e. The molecule has 0 aliphatic carbocycles. The van der Waals surface area contributed by atoms with Crippen LogP contribution in [0.4, 0.5) is 42.9 Å². The first kappa shape index (κ1) is 82.6. The van der Waals surface area contributed by atoms with Gasteiger partial charge in [-0.3, -0.25) is 0 Å². The second kappa shape index (κ2) is 34.1. The minimum atomic E-state index is -0.319. The molecule has 28 rings (SSSR count). The molecule has 0 saturated carbocycles. The molecular formula is C132H84F2N6O2. The number of para-hydroxylation sites is 10. The lowest BCUT2D eigenvalue weighted by Gasteiger charge is -2.26. The smallest absolute Gasteiger partial charge is 0.135 e. The fraction of sp³-hybridized carbons (Fsp3) is 0. The molecular weight excluding hydrogens is 1740 g/mol. The Morgan fingerprint density at radius 2 is 0.352 bits per heavy atom. The van der Waals surface area contributed by atoms with Crippen LogP contribution in [0, 0.1) is 11.6 Å². The van der Waals surface area contributed by atoms with Crippen molar-refractivity contribution in [2.45, 2.75) is 0 Å². The van der Waals surface area contributed by atoms with Gasteiger partial charge >= 0.3 is 0 Å². The molecule has 0 bridgehead atoms. The summed E-state index contributed by atoms with van der Waals surface area (Å²) in [5.41, 5.74) is 36.1. The SMILES string of the molecule is Fc1ccc(N(c2ccc(F)cc2)c2ccc(-c3cc(-c4ccc5c6ccccc6n(-c6ccccc6)c5c4)cc(-c4ccc5c6ccccc6n(-c6ccccc6)c5c4)c3)cc2)cc1.c1ccc(-n2c3ccccc3c3ccc(-c4cc(-c5ccc(N(c6ccc7oc8ccccc8c7c6)c6ccc7oc8ccccc8c7c6)cc5)cc(-c5ccc6c7ccccc7n(-c7ccccc7)c6c5)c4)cc32)cc1. The normalized spacial score (nSPS) is 11.7. The second-order valence-electron chi connectivity index (χ2n) is 36.6. The number of nitrogens with zero attached hydrogens (tertiary/aromatic N) is 6. The number of hydrogen-bond donors (Lipinski definition) is 0. The summed E-state index contributed by atoms with van der Waals surface area (Å²) in [7, 11) is 0. The highest BCUT2D eigenvalue weighted by molar-refractivity contribution is 6.16. The predicted molar refractivity (Wildman–Crippen MR) is 587 cm³/mol. The first-order valence-corrected chi connectivity index (χ1v) is 48.0. The third-order valence-corrected chi connectivity index (χ3v) is 28.3. The van der Waals surface area contributed by atoms with Crippen LogP contribution in [0.5, 0.6) is 0 Å². The zero-order chi connectivity index (χ0) is 94.0. The lowest BCUT2D eigenvalue weighted by molar-refractivity contribution is 0.628. The van der Waals surface area contributed by atoms with Crippen molar-refractivity contribution in [2.24, 2.45) is 0 Å². The van der Waals surface area contributed by atoms with Gasteiger partial charge in [0.05, 0.1) is 44.1 Å². The van der Waals surface area contributed by atoms with E-state index in [2.05, 4.69) is 460 Å². The Bertz CT molecular complexity index is 9300. The van der Waals surface area contributed by atoms with Crippen LogP contribution in [-0.2, 0) is 0 Å². The first-order valence-electron chi connectivity index (χ1n) is 48.0. The van der Waals surface area contributed by atoms with E-state index in [1.54, 1.807) is 24.3 Å². The number of anilines is 6. The molecule has 0 aliphatic rings. The van der Waals surface area contributed by atoms with Crippen molar-refractivity contribution in [3.05, 3.63) is 521 Å². The van der Waals surface area contributed by atoms with E-state index in [0.29, 0.717) is 0 Å². The quantitative estimate of drug-likeness (QED) is 0.0967. The summed E-state index contributed by atoms with van der Waals surface area (Å²) in [6.07, 6.45) is 0. The van der Waals surface area contributed by atoms with Crippen LogP contribution >= 0.6 is 0 Å². The maximum atomic E-state index is 14.1. The van der Waals surface area contributed by atoms with E-state index in [9.17, 15) is 8.78 Å². The van der Waals surface area contributed by atoms with Crippen molar-refractivity contribution in [1.29, 1.82) is 0 Å². The molecule has 6 aromatic heterocycles. The van der Waals surface area contributed by atoms with Crippen LogP contribution in [0.3, 0.4) is 0 Å². The molecule has 668 valence electrons. The Balaban J connectivity index is 0.000000144. The van der Waals surface area contributed by atoms with Crippen LogP contribution in [0.25, 0.3) is 221 Å². The van der Waals surface area contributed by atoms with Crippen molar-refractivity contribution in [3.8, 4) is 89.5 Å². The van der Waals surface area contributed by atoms with E-state index in [1.165, 1.54) is 89.4 Å². The molecule has 0 unspecified atom stereocenters. The molecule has 0 fully saturated rings. The summed E-state index contributed by atoms with van der Waals surface area (Å²) in [4.78, 5) is 4.35. The molecule has 6 heterocycles. The lowest BCUT2D eigenvalue weighted by Crippen LogP contribution is -2.09. The molecule has 0 saturated heterocycles. The molecule has 0 spiro atoms. The average molecular weight is 1820 g/mol. The Morgan fingerprint density at radius 1 is 0.141 bits per heavy atom. The number of halogens is 2. The van der Waals surface area contributed by atoms with E-state index < -0.39 is 0 Å². The molecule has 0 aliphatic heterocycles. The average Bonchev–Trinajstić information content (AvgIpc) is 1.59. The lowest BCUT2D eigenvalue weighted by atomic mass is 9.92. The summed E-state index contributed by atoms with van der Waals surface area (Å²) in [5, 5.41) is 14.1. The first-order chi connectivity index (χ1) is 70.2. The highest BCUT2D eigenvalue weighted by Crippen LogP contribution is 2.48. The van der Waals surface area contributed by atoms with Crippen LogP contribution in [0.1, 0.15) is 0 Å². The second-order valence-corrected chi connectivity index (χ2v) is 36.6. The van der Waals surface area contributed by atoms with Gasteiger partial charge in [0.25, 0.3) is 0 Å². The van der Waals surface area contributed by atoms with Crippen molar-refractivity contribution in [2.75, 3.05) is 9.80 Å². The van der Waals surface area contributed by atoms with Crippen LogP contribution in [-0.4, -0.2) is 18.3 Å². The fourth-order valence-corrected chi connectivity index (χ4v) is 21.7. The zero-order valence-electron chi connectivity index (χ0n) is 76.8. The Kier molecular flexibility index (Phi) is 19.8. The largest absolute Gasteiger partial charge is 0.456 e. The molecule has 0 atom stereocenters. The van der Waals surface area contributed by atoms with Gasteiger partial charge in [-0.2, -0.15) is 0 Å². The fourth-order valence-electron chi connectivity index (χ4n) is 21.7. The Hall–Kier alpha value is -18.9. The number of benzene rings is 22. The van der Waals surface area contributed by atoms with Crippen molar-refractivity contribution < 1.29 is 17.6 Å². The monoisotopic (exact) mass is 1820 g/mol. The molecule has 0 amide bonds. The summed E-state index contributed by atoms with van der Waals surface area (Å²) < 4.78 is 50.5. The van der Waals surface area contributed by atoms with E-state index in [-0.39, 0.29) is 11.6 Å². The molecule has 142 heavy (non-hydrogen) atoms. The maximum Gasteiger partial charge on any atom is 0.135 e. The predicted octanol–water partition coefficient (Wildman–Crippen LogP) is 36.8. The topological polar surface area (TPSA) is 52.5 Å². The molecule has 22 aromatic carbocycles. The maximum absolute atomic E-state index is 14.1. The number of hydrogen-bond acceptors (Lipinski definition) is 4. The minimum absolute atomic E-state index is 0.319. The van der Waals surface area contributed by atoms with Gasteiger partial charge in [0.1, 0.15) is 34.0 Å². The van der Waals surface area contributed by atoms with Gasteiger partial charge in [0.2, 0.25) is 0 Å². The third kappa shape index (κ3) is 14.3. The summed E-state index contributed by atoms with van der Waals surface area (Å²) >= 11 is 0. The van der Waals surface area contributed by atoms with Gasteiger partial charge in [-0.1, -0.05) is 255 Å². The summed E-state index contributed by atoms with van der Waals surface area (Å²) in [6, 6.07) is 179. The molecule has 8 nitrogen and oxygen atoms in total. The highest BCUT2D eigenvalue weighted by Gasteiger charge is 2.25. The third-order valence-electron chi connectivity index (χ3n) is 28.3. The van der Waals surface area contributed by atoms with Gasteiger partial charge in [-0.25, -0.2) is 8.78 Å². The standard InChI is InChI=1S/C72H45N3O2.C60H39F2N3/c1-3-15-52(16-4-1)74-65-23-11-7-19-57(65)59-35-29-47(42-67(59)74)50-39-49(40-51(41-50)48-30-36-60-58-20-8-12-24-66(58)75(68(60)43-48)53-17-5-2-6-18-53)46-27-31-54(32-28-46)73(55-33-37-71-63(44-55)61-21-9-13-25-69(61)76-71)56-34-38-72-64(45-56)62-22-10-14-26-70(62)77-72;61-46-23-29-51(30-24-46)63(52-31-25-47(62)26-32-52)50-27-19-40(20-28-50)43-35-44(41-21-33-55-53-15-7-9-17-57(53)64(59(55)38-41)48-11-3-1-4-12-48)37-45(36-43)42-22-34-56-54-16-8-10-18-58(54)65(60(56)39-42)49-13-5-2-6-14-49/h1-45H;1-39H. The van der Waals surface area contributed by atoms with Gasteiger partial charge in [-0.15, -0.1) is 0 Å².